The van der Waals surface area contributed by atoms with E-state index in [9.17, 15) is 5.11 Å². The summed E-state index contributed by atoms with van der Waals surface area (Å²) in [5, 5.41) is 11.0. The molecule has 2 rings (SSSR count). The van der Waals surface area contributed by atoms with E-state index >= 15 is 0 Å². The summed E-state index contributed by atoms with van der Waals surface area (Å²) in [5.74, 6) is 5.89. The summed E-state index contributed by atoms with van der Waals surface area (Å²) in [7, 11) is 0. The summed E-state index contributed by atoms with van der Waals surface area (Å²) in [5.41, 5.74) is 0. The fourth-order valence-corrected chi connectivity index (χ4v) is 5.75. The molecule has 94 valence electrons. The molecule has 0 radical (unpaired) electrons. The Morgan fingerprint density at radius 1 is 1.12 bits per heavy atom. The van der Waals surface area contributed by atoms with Gasteiger partial charge in [0.05, 0.1) is 6.10 Å². The summed E-state index contributed by atoms with van der Waals surface area (Å²) in [6.07, 6.45) is 3.75. The van der Waals surface area contributed by atoms with E-state index in [1.165, 1.54) is 30.8 Å². The zero-order chi connectivity index (χ0) is 11.5. The predicted octanol–water partition coefficient (Wildman–Crippen LogP) is 3.27. The third-order valence-corrected chi connectivity index (χ3v) is 7.21. The van der Waals surface area contributed by atoms with Crippen LogP contribution in [0.2, 0.25) is 0 Å². The van der Waals surface area contributed by atoms with Crippen molar-refractivity contribution in [2.24, 2.45) is 17.8 Å². The highest BCUT2D eigenvalue weighted by Crippen LogP contribution is 2.39. The molecule has 0 spiro atoms. The van der Waals surface area contributed by atoms with Crippen LogP contribution in [0.1, 0.15) is 33.1 Å². The van der Waals surface area contributed by atoms with Crippen molar-refractivity contribution in [1.82, 2.24) is 0 Å². The molecule has 0 aromatic rings. The lowest BCUT2D eigenvalue weighted by atomic mass is 9.73. The molecule has 0 amide bonds. The first kappa shape index (κ1) is 13.1. The third-order valence-electron chi connectivity index (χ3n) is 4.34. The molecule has 1 N–H and O–H groups in total. The molecule has 1 aliphatic heterocycles. The van der Waals surface area contributed by atoms with Gasteiger partial charge in [0, 0.05) is 22.5 Å². The van der Waals surface area contributed by atoms with Gasteiger partial charge in [0.15, 0.2) is 0 Å². The Morgan fingerprint density at radius 3 is 2.56 bits per heavy atom. The molecule has 0 aromatic heterocycles. The van der Waals surface area contributed by atoms with Crippen LogP contribution in [-0.4, -0.2) is 33.7 Å². The molecular formula is C13H24OS2. The van der Waals surface area contributed by atoms with E-state index in [4.69, 9.17) is 0 Å². The second-order valence-corrected chi connectivity index (χ2v) is 8.00. The molecule has 2 fully saturated rings. The van der Waals surface area contributed by atoms with Crippen LogP contribution in [0.25, 0.3) is 0 Å². The van der Waals surface area contributed by atoms with Crippen molar-refractivity contribution < 1.29 is 5.11 Å². The van der Waals surface area contributed by atoms with Crippen LogP contribution in [0.3, 0.4) is 0 Å². The molecule has 1 saturated heterocycles. The van der Waals surface area contributed by atoms with E-state index in [0.717, 1.165) is 17.6 Å². The lowest BCUT2D eigenvalue weighted by Crippen LogP contribution is -2.38. The van der Waals surface area contributed by atoms with Gasteiger partial charge in [0.25, 0.3) is 0 Å². The van der Waals surface area contributed by atoms with Crippen LogP contribution in [0, 0.1) is 17.8 Å². The van der Waals surface area contributed by atoms with Gasteiger partial charge in [-0.3, -0.25) is 0 Å². The summed E-state index contributed by atoms with van der Waals surface area (Å²) in [4.78, 5) is 0. The van der Waals surface area contributed by atoms with Crippen LogP contribution in [-0.2, 0) is 0 Å². The second kappa shape index (κ2) is 6.01. The molecule has 2 aliphatic rings. The lowest BCUT2D eigenvalue weighted by molar-refractivity contribution is 0.0587. The zero-order valence-corrected chi connectivity index (χ0v) is 12.0. The average Bonchev–Trinajstić information content (AvgIpc) is 2.33. The Morgan fingerprint density at radius 2 is 1.94 bits per heavy atom. The predicted molar refractivity (Wildman–Crippen MR) is 75.2 cm³/mol. The molecule has 1 nitrogen and oxygen atoms in total. The van der Waals surface area contributed by atoms with Gasteiger partial charge in [-0.15, -0.1) is 0 Å². The Hall–Kier alpha value is 0.660. The molecule has 0 aromatic carbocycles. The van der Waals surface area contributed by atoms with E-state index < -0.39 is 0 Å². The van der Waals surface area contributed by atoms with Gasteiger partial charge in [-0.05, 0) is 30.6 Å². The van der Waals surface area contributed by atoms with Crippen LogP contribution in [0.4, 0.5) is 0 Å². The Kier molecular flexibility index (Phi) is 4.92. The van der Waals surface area contributed by atoms with E-state index in [0.29, 0.717) is 11.2 Å². The normalized spacial score (nSPS) is 42.9. The number of hydrogen-bond acceptors (Lipinski definition) is 3. The molecule has 5 atom stereocenters. The van der Waals surface area contributed by atoms with Gasteiger partial charge in [0.2, 0.25) is 0 Å². The van der Waals surface area contributed by atoms with Crippen LogP contribution < -0.4 is 0 Å². The topological polar surface area (TPSA) is 20.2 Å². The van der Waals surface area contributed by atoms with Gasteiger partial charge >= 0.3 is 0 Å². The minimum atomic E-state index is -0.0484. The lowest BCUT2D eigenvalue weighted by Gasteiger charge is -2.38. The maximum Gasteiger partial charge on any atom is 0.0695 e. The summed E-state index contributed by atoms with van der Waals surface area (Å²) >= 11 is 4.01. The van der Waals surface area contributed by atoms with Crippen molar-refractivity contribution in [2.45, 2.75) is 44.5 Å². The number of rotatable bonds is 2. The van der Waals surface area contributed by atoms with Crippen molar-refractivity contribution in [3.05, 3.63) is 0 Å². The molecule has 5 unspecified atom stereocenters. The Balaban J connectivity index is 1.86. The van der Waals surface area contributed by atoms with E-state index in [1.807, 2.05) is 23.5 Å². The largest absolute Gasteiger partial charge is 0.392 e. The minimum Gasteiger partial charge on any atom is -0.392 e. The summed E-state index contributed by atoms with van der Waals surface area (Å²) < 4.78 is 0. The minimum absolute atomic E-state index is 0.0484. The average molecular weight is 260 g/mol. The van der Waals surface area contributed by atoms with E-state index in [1.54, 1.807) is 0 Å². The number of aliphatic hydroxyl groups excluding tert-OH is 1. The second-order valence-electron chi connectivity index (χ2n) is 5.50. The first-order chi connectivity index (χ1) is 7.68. The van der Waals surface area contributed by atoms with Gasteiger partial charge in [0.1, 0.15) is 0 Å². The fraction of sp³-hybridized carbons (Fsp3) is 1.00. The monoisotopic (exact) mass is 260 g/mol. The highest BCUT2D eigenvalue weighted by atomic mass is 32.2. The van der Waals surface area contributed by atoms with Crippen molar-refractivity contribution in [1.29, 1.82) is 0 Å². The van der Waals surface area contributed by atoms with Gasteiger partial charge in [-0.25, -0.2) is 0 Å². The maximum atomic E-state index is 10.5. The smallest absolute Gasteiger partial charge is 0.0695 e. The molecule has 1 heterocycles. The Bertz CT molecular complexity index is 216. The van der Waals surface area contributed by atoms with Crippen LogP contribution >= 0.6 is 23.5 Å². The molecule has 1 saturated carbocycles. The zero-order valence-electron chi connectivity index (χ0n) is 10.4. The molecule has 0 bridgehead atoms. The van der Waals surface area contributed by atoms with Gasteiger partial charge < -0.3 is 5.11 Å². The first-order valence-electron chi connectivity index (χ1n) is 6.56. The van der Waals surface area contributed by atoms with Crippen molar-refractivity contribution in [2.75, 3.05) is 17.3 Å². The van der Waals surface area contributed by atoms with Crippen molar-refractivity contribution in [3.8, 4) is 0 Å². The van der Waals surface area contributed by atoms with Crippen molar-refractivity contribution >= 4 is 23.5 Å². The molecule has 3 heteroatoms. The molecule has 1 aliphatic carbocycles. The number of hydrogen-bond donors (Lipinski definition) is 1. The van der Waals surface area contributed by atoms with Crippen LogP contribution in [0.5, 0.6) is 0 Å². The fourth-order valence-electron chi connectivity index (χ4n) is 2.91. The summed E-state index contributed by atoms with van der Waals surface area (Å²) in [6, 6.07) is 0. The van der Waals surface area contributed by atoms with E-state index in [-0.39, 0.29) is 6.10 Å². The molecule has 16 heavy (non-hydrogen) atoms. The third kappa shape index (κ3) is 3.11. The highest BCUT2D eigenvalue weighted by Gasteiger charge is 2.34. The quantitative estimate of drug-likeness (QED) is 0.823. The maximum absolute atomic E-state index is 10.5. The number of aliphatic hydroxyl groups is 1. The standard InChI is InChI=1S/C13H24OS2/c1-9-3-4-11(7-10(9)2)13(14)12-8-15-5-6-16-12/h9-14H,3-8H2,1-2H3. The SMILES string of the molecule is CC1CCC(C(O)C2CSCCS2)CC1C. The van der Waals surface area contributed by atoms with Crippen molar-refractivity contribution in [3.63, 3.8) is 0 Å². The summed E-state index contributed by atoms with van der Waals surface area (Å²) in [6.45, 7) is 4.71. The van der Waals surface area contributed by atoms with Gasteiger partial charge in [-0.1, -0.05) is 20.3 Å². The molecular weight excluding hydrogens is 236 g/mol. The highest BCUT2D eigenvalue weighted by molar-refractivity contribution is 8.06. The van der Waals surface area contributed by atoms with E-state index in [2.05, 4.69) is 13.8 Å². The number of thioether (sulfide) groups is 2. The van der Waals surface area contributed by atoms with Crippen LogP contribution in [0.15, 0.2) is 0 Å². The van der Waals surface area contributed by atoms with Gasteiger partial charge in [-0.2, -0.15) is 23.5 Å². The first-order valence-corrected chi connectivity index (χ1v) is 8.76. The Labute approximate surface area is 108 Å².